The SMILES string of the molecule is CCc1nnc(S/C(=C\c2c(C)n(Cc3ccccc3Cl)c3ccccc23)C(=O)O)o1. The summed E-state index contributed by atoms with van der Waals surface area (Å²) in [4.78, 5) is 12.1. The van der Waals surface area contributed by atoms with E-state index >= 15 is 0 Å². The first-order chi connectivity index (χ1) is 15.0. The zero-order valence-corrected chi connectivity index (χ0v) is 18.6. The molecular formula is C23H20ClN3O3S. The third-order valence-electron chi connectivity index (χ3n) is 5.00. The zero-order valence-electron chi connectivity index (χ0n) is 17.0. The highest BCUT2D eigenvalue weighted by Gasteiger charge is 2.19. The van der Waals surface area contributed by atoms with Crippen LogP contribution < -0.4 is 0 Å². The van der Waals surface area contributed by atoms with Crippen molar-refractivity contribution >= 4 is 46.3 Å². The van der Waals surface area contributed by atoms with Crippen molar-refractivity contribution < 1.29 is 14.3 Å². The number of fused-ring (bicyclic) bond motifs is 1. The van der Waals surface area contributed by atoms with E-state index in [2.05, 4.69) is 14.8 Å². The molecule has 158 valence electrons. The second-order valence-corrected chi connectivity index (χ2v) is 8.33. The van der Waals surface area contributed by atoms with Gasteiger partial charge in [0.05, 0.1) is 0 Å². The number of aromatic nitrogens is 3. The molecule has 0 aliphatic rings. The number of aliphatic carboxylic acids is 1. The topological polar surface area (TPSA) is 81.2 Å². The van der Waals surface area contributed by atoms with E-state index in [1.165, 1.54) is 0 Å². The number of rotatable bonds is 7. The van der Waals surface area contributed by atoms with Crippen LogP contribution >= 0.6 is 23.4 Å². The molecule has 0 spiro atoms. The number of nitrogens with zero attached hydrogens (tertiary/aromatic N) is 3. The van der Waals surface area contributed by atoms with E-state index in [-0.39, 0.29) is 10.1 Å². The predicted octanol–water partition coefficient (Wildman–Crippen LogP) is 5.81. The molecule has 0 atom stereocenters. The van der Waals surface area contributed by atoms with Gasteiger partial charge in [0.1, 0.15) is 4.91 Å². The molecule has 8 heteroatoms. The van der Waals surface area contributed by atoms with Gasteiger partial charge >= 0.3 is 5.97 Å². The lowest BCUT2D eigenvalue weighted by molar-refractivity contribution is -0.131. The van der Waals surface area contributed by atoms with Gasteiger partial charge in [-0.3, -0.25) is 0 Å². The van der Waals surface area contributed by atoms with Crippen molar-refractivity contribution in [1.82, 2.24) is 14.8 Å². The van der Waals surface area contributed by atoms with Crippen molar-refractivity contribution in [3.8, 4) is 0 Å². The molecule has 0 saturated heterocycles. The van der Waals surface area contributed by atoms with Crippen LogP contribution in [0.15, 0.2) is 63.1 Å². The van der Waals surface area contributed by atoms with Crippen LogP contribution in [0.5, 0.6) is 0 Å². The number of para-hydroxylation sites is 1. The van der Waals surface area contributed by atoms with Crippen molar-refractivity contribution in [3.05, 3.63) is 81.2 Å². The van der Waals surface area contributed by atoms with Gasteiger partial charge in [0.2, 0.25) is 5.89 Å². The van der Waals surface area contributed by atoms with Gasteiger partial charge in [-0.15, -0.1) is 10.2 Å². The summed E-state index contributed by atoms with van der Waals surface area (Å²) in [7, 11) is 0. The number of hydrogen-bond donors (Lipinski definition) is 1. The molecule has 2 aromatic carbocycles. The fourth-order valence-corrected chi connectivity index (χ4v) is 4.29. The van der Waals surface area contributed by atoms with Crippen molar-refractivity contribution in [3.63, 3.8) is 0 Å². The molecule has 0 amide bonds. The van der Waals surface area contributed by atoms with Crippen molar-refractivity contribution in [2.75, 3.05) is 0 Å². The zero-order chi connectivity index (χ0) is 22.0. The second kappa shape index (κ2) is 8.99. The molecule has 0 aliphatic carbocycles. The molecular weight excluding hydrogens is 434 g/mol. The van der Waals surface area contributed by atoms with Crippen LogP contribution in [0.1, 0.15) is 29.6 Å². The molecule has 1 N–H and O–H groups in total. The molecule has 2 heterocycles. The van der Waals surface area contributed by atoms with Crippen LogP contribution in [0.2, 0.25) is 5.02 Å². The van der Waals surface area contributed by atoms with E-state index < -0.39 is 5.97 Å². The second-order valence-electron chi connectivity index (χ2n) is 6.92. The quantitative estimate of drug-likeness (QED) is 0.280. The van der Waals surface area contributed by atoms with Gasteiger partial charge in [0, 0.05) is 40.1 Å². The maximum atomic E-state index is 12.0. The molecule has 0 aliphatic heterocycles. The molecule has 0 radical (unpaired) electrons. The number of benzene rings is 2. The Hall–Kier alpha value is -3.03. The summed E-state index contributed by atoms with van der Waals surface area (Å²) in [5.41, 5.74) is 3.78. The van der Waals surface area contributed by atoms with Gasteiger partial charge in [-0.2, -0.15) is 0 Å². The Morgan fingerprint density at radius 1 is 1.19 bits per heavy atom. The molecule has 2 aromatic heterocycles. The van der Waals surface area contributed by atoms with Gasteiger partial charge in [0.15, 0.2) is 0 Å². The Labute approximate surface area is 188 Å². The van der Waals surface area contributed by atoms with Crippen LogP contribution in [-0.2, 0) is 17.8 Å². The summed E-state index contributed by atoms with van der Waals surface area (Å²) in [6, 6.07) is 15.6. The minimum Gasteiger partial charge on any atom is -0.477 e. The predicted molar refractivity (Wildman–Crippen MR) is 122 cm³/mol. The van der Waals surface area contributed by atoms with Crippen LogP contribution in [-0.4, -0.2) is 25.8 Å². The normalized spacial score (nSPS) is 11.9. The molecule has 4 rings (SSSR count). The van der Waals surface area contributed by atoms with E-state index in [1.54, 1.807) is 6.08 Å². The monoisotopic (exact) mass is 453 g/mol. The Kier molecular flexibility index (Phi) is 6.15. The highest BCUT2D eigenvalue weighted by atomic mass is 35.5. The minimum atomic E-state index is -1.05. The largest absolute Gasteiger partial charge is 0.477 e. The maximum absolute atomic E-state index is 12.0. The third-order valence-corrected chi connectivity index (χ3v) is 6.22. The summed E-state index contributed by atoms with van der Waals surface area (Å²) in [6.45, 7) is 4.46. The molecule has 6 nitrogen and oxygen atoms in total. The smallest absolute Gasteiger partial charge is 0.342 e. The number of halogens is 1. The van der Waals surface area contributed by atoms with Crippen LogP contribution in [0.25, 0.3) is 17.0 Å². The number of hydrogen-bond acceptors (Lipinski definition) is 5. The summed E-state index contributed by atoms with van der Waals surface area (Å²) < 4.78 is 7.63. The maximum Gasteiger partial charge on any atom is 0.342 e. The highest BCUT2D eigenvalue weighted by Crippen LogP contribution is 2.33. The fraction of sp³-hybridized carbons (Fsp3) is 0.174. The molecule has 31 heavy (non-hydrogen) atoms. The standard InChI is InChI=1S/C23H20ClN3O3S/c1-3-21-25-26-23(30-21)31-20(22(28)29)12-17-14(2)27(19-11-7-5-9-16(17)19)13-15-8-4-6-10-18(15)24/h4-12H,3,13H2,1-2H3,(H,28,29)/b20-12-. The summed E-state index contributed by atoms with van der Waals surface area (Å²) in [5.74, 6) is -0.580. The Balaban J connectivity index is 1.80. The highest BCUT2D eigenvalue weighted by molar-refractivity contribution is 8.03. The third kappa shape index (κ3) is 4.38. The fourth-order valence-electron chi connectivity index (χ4n) is 3.42. The van der Waals surface area contributed by atoms with Crippen LogP contribution in [0, 0.1) is 6.92 Å². The lowest BCUT2D eigenvalue weighted by Gasteiger charge is -2.10. The summed E-state index contributed by atoms with van der Waals surface area (Å²) in [5, 5.41) is 19.5. The van der Waals surface area contributed by atoms with E-state index in [1.807, 2.05) is 62.4 Å². The average molecular weight is 454 g/mol. The number of carbonyl (C=O) groups is 1. The van der Waals surface area contributed by atoms with E-state index in [4.69, 9.17) is 16.0 Å². The van der Waals surface area contributed by atoms with Crippen LogP contribution in [0.3, 0.4) is 0 Å². The number of carboxylic acid groups (broad SMARTS) is 1. The number of carboxylic acids is 1. The Bertz CT molecular complexity index is 1290. The molecule has 4 aromatic rings. The molecule has 0 fully saturated rings. The van der Waals surface area contributed by atoms with E-state index in [0.29, 0.717) is 23.9 Å². The molecule has 0 unspecified atom stereocenters. The van der Waals surface area contributed by atoms with Crippen molar-refractivity contribution in [1.29, 1.82) is 0 Å². The summed E-state index contributed by atoms with van der Waals surface area (Å²) >= 11 is 7.34. The lowest BCUT2D eigenvalue weighted by atomic mass is 10.1. The molecule has 0 bridgehead atoms. The lowest BCUT2D eigenvalue weighted by Crippen LogP contribution is -2.02. The Morgan fingerprint density at radius 3 is 2.65 bits per heavy atom. The minimum absolute atomic E-state index is 0.107. The van der Waals surface area contributed by atoms with Gasteiger partial charge < -0.3 is 14.1 Å². The van der Waals surface area contributed by atoms with Crippen LogP contribution in [0.4, 0.5) is 0 Å². The Morgan fingerprint density at radius 2 is 1.94 bits per heavy atom. The van der Waals surface area contributed by atoms with Crippen molar-refractivity contribution in [2.45, 2.75) is 32.0 Å². The van der Waals surface area contributed by atoms with Gasteiger partial charge in [0.25, 0.3) is 5.22 Å². The number of thioether (sulfide) groups is 1. The average Bonchev–Trinajstić information content (AvgIpc) is 3.32. The van der Waals surface area contributed by atoms with Crippen molar-refractivity contribution in [2.24, 2.45) is 0 Å². The summed E-state index contributed by atoms with van der Waals surface area (Å²) in [6.07, 6.45) is 2.26. The first-order valence-electron chi connectivity index (χ1n) is 9.74. The van der Waals surface area contributed by atoms with Gasteiger partial charge in [-0.05, 0) is 42.5 Å². The van der Waals surface area contributed by atoms with Gasteiger partial charge in [-0.1, -0.05) is 54.9 Å². The number of aryl methyl sites for hydroxylation is 1. The van der Waals surface area contributed by atoms with E-state index in [9.17, 15) is 9.90 Å². The van der Waals surface area contributed by atoms with Gasteiger partial charge in [-0.25, -0.2) is 4.79 Å². The first kappa shape index (κ1) is 21.2. The first-order valence-corrected chi connectivity index (χ1v) is 10.9. The van der Waals surface area contributed by atoms with E-state index in [0.717, 1.165) is 39.5 Å². The molecule has 0 saturated carbocycles.